The van der Waals surface area contributed by atoms with Gasteiger partial charge in [-0.05, 0) is 15.9 Å². The summed E-state index contributed by atoms with van der Waals surface area (Å²) in [5, 5.41) is 10.2. The van der Waals surface area contributed by atoms with Crippen LogP contribution in [0.1, 0.15) is 5.69 Å². The summed E-state index contributed by atoms with van der Waals surface area (Å²) in [7, 11) is 0. The molecule has 0 saturated heterocycles. The average Bonchev–Trinajstić information content (AvgIpc) is 2.37. The molecule has 0 fully saturated rings. The average molecular weight is 332 g/mol. The third-order valence-corrected chi connectivity index (χ3v) is 2.11. The van der Waals surface area contributed by atoms with Crippen LogP contribution in [-0.4, -0.2) is 26.4 Å². The Bertz CT molecular complexity index is 217. The fraction of sp³-hybridized carbons (Fsp3) is 0.600. The van der Waals surface area contributed by atoms with E-state index in [1.165, 1.54) is 0 Å². The molecule has 0 atom stereocenters. The lowest BCUT2D eigenvalue weighted by Crippen LogP contribution is -1.96. The van der Waals surface area contributed by atoms with Crippen LogP contribution in [0.25, 0.3) is 0 Å². The highest BCUT2D eigenvalue weighted by molar-refractivity contribution is 14.1. The van der Waals surface area contributed by atoms with Crippen LogP contribution in [0.3, 0.4) is 0 Å². The fourth-order valence-electron chi connectivity index (χ4n) is 0.555. The molecule has 0 spiro atoms. The molecule has 4 nitrogen and oxygen atoms in total. The Morgan fingerprint density at radius 2 is 2.36 bits per heavy atom. The second kappa shape index (κ2) is 5.04. The molecule has 6 heteroatoms. The van der Waals surface area contributed by atoms with Crippen molar-refractivity contribution in [2.24, 2.45) is 0 Å². The van der Waals surface area contributed by atoms with E-state index in [1.807, 2.05) is 0 Å². The molecular weight excluding hydrogens is 325 g/mol. The summed E-state index contributed by atoms with van der Waals surface area (Å²) < 4.78 is 6.97. The number of alkyl halides is 1. The zero-order valence-corrected chi connectivity index (χ0v) is 9.42. The number of H-pyrrole nitrogens is 1. The van der Waals surface area contributed by atoms with Crippen LogP contribution in [0, 0.1) is 0 Å². The Hall–Kier alpha value is 0.310. The molecule has 0 aliphatic carbocycles. The number of aromatic nitrogens is 3. The van der Waals surface area contributed by atoms with E-state index in [0.717, 1.165) is 21.3 Å². The molecule has 0 bridgehead atoms. The van der Waals surface area contributed by atoms with Crippen molar-refractivity contribution in [1.82, 2.24) is 15.4 Å². The summed E-state index contributed by atoms with van der Waals surface area (Å²) in [6.45, 7) is 1.26. The van der Waals surface area contributed by atoms with Gasteiger partial charge in [-0.25, -0.2) is 0 Å². The van der Waals surface area contributed by atoms with E-state index in [2.05, 4.69) is 53.9 Å². The maximum atomic E-state index is 5.25. The van der Waals surface area contributed by atoms with E-state index in [0.29, 0.717) is 6.61 Å². The van der Waals surface area contributed by atoms with E-state index in [-0.39, 0.29) is 0 Å². The van der Waals surface area contributed by atoms with Crippen LogP contribution in [0.2, 0.25) is 0 Å². The molecule has 0 unspecified atom stereocenters. The molecule has 0 aliphatic rings. The SMILES string of the molecule is Brc1n[nH]nc1COCCI. The molecule has 1 N–H and O–H groups in total. The van der Waals surface area contributed by atoms with Gasteiger partial charge in [0, 0.05) is 4.43 Å². The first-order valence-corrected chi connectivity index (χ1v) is 5.35. The zero-order valence-electron chi connectivity index (χ0n) is 5.68. The zero-order chi connectivity index (χ0) is 8.10. The Labute approximate surface area is 86.4 Å². The molecule has 1 heterocycles. The number of halogens is 2. The smallest absolute Gasteiger partial charge is 0.153 e. The quantitative estimate of drug-likeness (QED) is 0.517. The first-order valence-electron chi connectivity index (χ1n) is 3.03. The van der Waals surface area contributed by atoms with E-state index in [9.17, 15) is 0 Å². The highest BCUT2D eigenvalue weighted by atomic mass is 127. The standard InChI is InChI=1S/C5H7BrIN3O/c6-5-4(8-10-9-5)3-11-2-1-7/h1-3H2,(H,8,9,10). The highest BCUT2D eigenvalue weighted by Gasteiger charge is 2.02. The van der Waals surface area contributed by atoms with Gasteiger partial charge in [-0.15, -0.1) is 5.10 Å². The number of hydrogen-bond acceptors (Lipinski definition) is 3. The van der Waals surface area contributed by atoms with Gasteiger partial charge in [0.05, 0.1) is 13.2 Å². The maximum Gasteiger partial charge on any atom is 0.153 e. The van der Waals surface area contributed by atoms with Crippen LogP contribution in [0.4, 0.5) is 0 Å². The van der Waals surface area contributed by atoms with Gasteiger partial charge >= 0.3 is 0 Å². The summed E-state index contributed by atoms with van der Waals surface area (Å²) in [6, 6.07) is 0. The van der Waals surface area contributed by atoms with Crippen molar-refractivity contribution in [1.29, 1.82) is 0 Å². The summed E-state index contributed by atoms with van der Waals surface area (Å²) in [4.78, 5) is 0. The van der Waals surface area contributed by atoms with Crippen molar-refractivity contribution in [3.8, 4) is 0 Å². The third-order valence-electron chi connectivity index (χ3n) is 1.03. The van der Waals surface area contributed by atoms with Gasteiger partial charge in [0.1, 0.15) is 5.69 Å². The molecule has 0 aromatic carbocycles. The molecule has 11 heavy (non-hydrogen) atoms. The molecular formula is C5H7BrIN3O. The molecule has 1 aromatic rings. The van der Waals surface area contributed by atoms with Crippen molar-refractivity contribution in [2.45, 2.75) is 6.61 Å². The number of ether oxygens (including phenoxy) is 1. The first kappa shape index (κ1) is 9.40. The highest BCUT2D eigenvalue weighted by Crippen LogP contribution is 2.09. The van der Waals surface area contributed by atoms with Gasteiger partial charge in [-0.1, -0.05) is 22.6 Å². The van der Waals surface area contributed by atoms with Crippen LogP contribution < -0.4 is 0 Å². The van der Waals surface area contributed by atoms with Gasteiger partial charge < -0.3 is 4.74 Å². The first-order chi connectivity index (χ1) is 5.34. The Morgan fingerprint density at radius 3 is 2.91 bits per heavy atom. The Balaban J connectivity index is 2.32. The molecule has 0 aliphatic heterocycles. The van der Waals surface area contributed by atoms with Crippen molar-refractivity contribution in [3.63, 3.8) is 0 Å². The fourth-order valence-corrected chi connectivity index (χ4v) is 1.15. The lowest BCUT2D eigenvalue weighted by atomic mass is 10.5. The topological polar surface area (TPSA) is 50.8 Å². The van der Waals surface area contributed by atoms with E-state index < -0.39 is 0 Å². The summed E-state index contributed by atoms with van der Waals surface area (Å²) in [5.41, 5.74) is 0.815. The minimum absolute atomic E-state index is 0.514. The van der Waals surface area contributed by atoms with Gasteiger partial charge in [0.15, 0.2) is 4.60 Å². The number of nitrogens with zero attached hydrogens (tertiary/aromatic N) is 2. The van der Waals surface area contributed by atoms with Crippen LogP contribution in [0.5, 0.6) is 0 Å². The lowest BCUT2D eigenvalue weighted by Gasteiger charge is -1.96. The van der Waals surface area contributed by atoms with E-state index in [1.54, 1.807) is 0 Å². The largest absolute Gasteiger partial charge is 0.374 e. The lowest BCUT2D eigenvalue weighted by molar-refractivity contribution is 0.134. The molecule has 62 valence electrons. The molecule has 0 radical (unpaired) electrons. The number of hydrogen-bond donors (Lipinski definition) is 1. The van der Waals surface area contributed by atoms with Crippen molar-refractivity contribution in [3.05, 3.63) is 10.3 Å². The molecule has 1 rings (SSSR count). The molecule has 0 saturated carbocycles. The maximum absolute atomic E-state index is 5.25. The van der Waals surface area contributed by atoms with Gasteiger partial charge in [0.25, 0.3) is 0 Å². The molecule has 1 aromatic heterocycles. The Morgan fingerprint density at radius 1 is 1.55 bits per heavy atom. The van der Waals surface area contributed by atoms with Crippen molar-refractivity contribution >= 4 is 38.5 Å². The normalized spacial score (nSPS) is 10.4. The van der Waals surface area contributed by atoms with E-state index in [4.69, 9.17) is 4.74 Å². The summed E-state index contributed by atoms with van der Waals surface area (Å²) in [6.07, 6.45) is 0. The van der Waals surface area contributed by atoms with Gasteiger partial charge in [0.2, 0.25) is 0 Å². The van der Waals surface area contributed by atoms with Crippen LogP contribution in [0.15, 0.2) is 4.60 Å². The van der Waals surface area contributed by atoms with Gasteiger partial charge in [-0.3, -0.25) is 0 Å². The van der Waals surface area contributed by atoms with Crippen molar-refractivity contribution < 1.29 is 4.74 Å². The summed E-state index contributed by atoms with van der Waals surface area (Å²) in [5.74, 6) is 0. The number of aromatic amines is 1. The second-order valence-corrected chi connectivity index (χ2v) is 3.63. The molecule has 0 amide bonds. The van der Waals surface area contributed by atoms with Crippen molar-refractivity contribution in [2.75, 3.05) is 11.0 Å². The van der Waals surface area contributed by atoms with Gasteiger partial charge in [-0.2, -0.15) is 10.3 Å². The monoisotopic (exact) mass is 331 g/mol. The number of rotatable bonds is 4. The summed E-state index contributed by atoms with van der Waals surface area (Å²) >= 11 is 5.49. The third kappa shape index (κ3) is 3.04. The second-order valence-electron chi connectivity index (χ2n) is 1.80. The minimum atomic E-state index is 0.514. The predicted octanol–water partition coefficient (Wildman–Crippen LogP) is 1.52. The van der Waals surface area contributed by atoms with Crippen LogP contribution in [-0.2, 0) is 11.3 Å². The number of nitrogens with one attached hydrogen (secondary N) is 1. The predicted molar refractivity (Wildman–Crippen MR) is 52.6 cm³/mol. The van der Waals surface area contributed by atoms with Crippen LogP contribution >= 0.6 is 38.5 Å². The van der Waals surface area contributed by atoms with E-state index >= 15 is 0 Å². The Kier molecular flexibility index (Phi) is 4.31. The minimum Gasteiger partial charge on any atom is -0.374 e.